The Morgan fingerprint density at radius 1 is 1.21 bits per heavy atom. The Morgan fingerprint density at radius 2 is 1.95 bits per heavy atom. The highest BCUT2D eigenvalue weighted by atomic mass is 15.2. The third-order valence-electron chi connectivity index (χ3n) is 4.01. The molecular formula is C13H20N6. The molecule has 3 rings (SSSR count). The van der Waals surface area contributed by atoms with Crippen molar-refractivity contribution < 1.29 is 0 Å². The van der Waals surface area contributed by atoms with Crippen LogP contribution in [0.25, 0.3) is 11.0 Å². The summed E-state index contributed by atoms with van der Waals surface area (Å²) in [6.07, 6.45) is 9.50. The zero-order valence-corrected chi connectivity index (χ0v) is 11.3. The van der Waals surface area contributed by atoms with Gasteiger partial charge >= 0.3 is 0 Å². The molecule has 1 saturated carbocycles. The van der Waals surface area contributed by atoms with E-state index in [0.29, 0.717) is 17.6 Å². The molecule has 0 radical (unpaired) electrons. The Hall–Kier alpha value is -1.85. The van der Waals surface area contributed by atoms with Crippen LogP contribution in [-0.2, 0) is 0 Å². The normalized spacial score (nSPS) is 17.5. The zero-order valence-electron chi connectivity index (χ0n) is 11.3. The van der Waals surface area contributed by atoms with Gasteiger partial charge in [-0.05, 0) is 12.8 Å². The lowest BCUT2D eigenvalue weighted by Gasteiger charge is -2.28. The molecule has 0 aliphatic heterocycles. The van der Waals surface area contributed by atoms with E-state index in [1.54, 1.807) is 6.20 Å². The molecule has 0 spiro atoms. The van der Waals surface area contributed by atoms with Gasteiger partial charge in [0.05, 0.1) is 11.6 Å². The molecule has 3 N–H and O–H groups in total. The van der Waals surface area contributed by atoms with Gasteiger partial charge < -0.3 is 10.6 Å². The molecule has 0 unspecified atom stereocenters. The number of hydrogen-bond acceptors (Lipinski definition) is 5. The molecule has 0 bridgehead atoms. The summed E-state index contributed by atoms with van der Waals surface area (Å²) in [6, 6.07) is 0.537. The molecule has 6 heteroatoms. The van der Waals surface area contributed by atoms with E-state index in [2.05, 4.69) is 32.1 Å². The monoisotopic (exact) mass is 260 g/mol. The Labute approximate surface area is 112 Å². The van der Waals surface area contributed by atoms with E-state index < -0.39 is 0 Å². The fourth-order valence-corrected chi connectivity index (χ4v) is 2.92. The lowest BCUT2D eigenvalue weighted by atomic mass is 10.1. The maximum atomic E-state index is 5.79. The second kappa shape index (κ2) is 5.03. The van der Waals surface area contributed by atoms with Crippen LogP contribution in [0.5, 0.6) is 0 Å². The van der Waals surface area contributed by atoms with Crippen LogP contribution in [0, 0.1) is 0 Å². The Balaban J connectivity index is 1.95. The quantitative estimate of drug-likeness (QED) is 0.808. The highest BCUT2D eigenvalue weighted by molar-refractivity contribution is 5.87. The summed E-state index contributed by atoms with van der Waals surface area (Å²) in [5.74, 6) is 1.19. The molecule has 2 aromatic rings. The van der Waals surface area contributed by atoms with Crippen molar-refractivity contribution in [2.24, 2.45) is 0 Å². The summed E-state index contributed by atoms with van der Waals surface area (Å²) >= 11 is 0. The number of anilines is 2. The van der Waals surface area contributed by atoms with Gasteiger partial charge in [0.25, 0.3) is 0 Å². The molecule has 0 saturated heterocycles. The van der Waals surface area contributed by atoms with Gasteiger partial charge in [-0.3, -0.25) is 5.10 Å². The van der Waals surface area contributed by atoms with Gasteiger partial charge in [0, 0.05) is 13.1 Å². The van der Waals surface area contributed by atoms with Gasteiger partial charge in [0.1, 0.15) is 5.82 Å². The van der Waals surface area contributed by atoms with Gasteiger partial charge in [-0.1, -0.05) is 25.7 Å². The average Bonchev–Trinajstić information content (AvgIpc) is 2.70. The zero-order chi connectivity index (χ0) is 13.2. The van der Waals surface area contributed by atoms with Gasteiger partial charge in [0.2, 0.25) is 5.95 Å². The van der Waals surface area contributed by atoms with Crippen molar-refractivity contribution in [1.82, 2.24) is 20.2 Å². The summed E-state index contributed by atoms with van der Waals surface area (Å²) in [6.45, 7) is 0. The third-order valence-corrected chi connectivity index (χ3v) is 4.01. The largest absolute Gasteiger partial charge is 0.368 e. The van der Waals surface area contributed by atoms with Crippen molar-refractivity contribution in [3.63, 3.8) is 0 Å². The minimum absolute atomic E-state index is 0.298. The van der Waals surface area contributed by atoms with Crippen molar-refractivity contribution in [1.29, 1.82) is 0 Å². The van der Waals surface area contributed by atoms with Crippen LogP contribution in [0.4, 0.5) is 11.8 Å². The number of nitrogens with zero attached hydrogens (tertiary/aromatic N) is 4. The lowest BCUT2D eigenvalue weighted by Crippen LogP contribution is -2.32. The second-order valence-corrected chi connectivity index (χ2v) is 5.29. The molecule has 0 amide bonds. The Bertz CT molecular complexity index is 555. The van der Waals surface area contributed by atoms with Crippen molar-refractivity contribution in [2.45, 2.75) is 44.6 Å². The highest BCUT2D eigenvalue weighted by Gasteiger charge is 2.21. The van der Waals surface area contributed by atoms with E-state index in [1.165, 1.54) is 38.5 Å². The fraction of sp³-hybridized carbons (Fsp3) is 0.615. The van der Waals surface area contributed by atoms with E-state index in [-0.39, 0.29) is 0 Å². The van der Waals surface area contributed by atoms with Gasteiger partial charge in [-0.15, -0.1) is 0 Å². The van der Waals surface area contributed by atoms with Crippen LogP contribution in [0.2, 0.25) is 0 Å². The summed E-state index contributed by atoms with van der Waals surface area (Å²) in [5, 5.41) is 7.85. The summed E-state index contributed by atoms with van der Waals surface area (Å²) in [4.78, 5) is 10.8. The number of hydrogen-bond donors (Lipinski definition) is 2. The van der Waals surface area contributed by atoms with Crippen molar-refractivity contribution in [3.8, 4) is 0 Å². The molecule has 0 aromatic carbocycles. The summed E-state index contributed by atoms with van der Waals surface area (Å²) < 4.78 is 0. The molecule has 102 valence electrons. The van der Waals surface area contributed by atoms with Crippen molar-refractivity contribution >= 4 is 22.8 Å². The predicted molar refractivity (Wildman–Crippen MR) is 76.0 cm³/mol. The van der Waals surface area contributed by atoms with Crippen LogP contribution in [0.3, 0.4) is 0 Å². The smallest absolute Gasteiger partial charge is 0.224 e. The van der Waals surface area contributed by atoms with Gasteiger partial charge in [-0.25, -0.2) is 0 Å². The first kappa shape index (κ1) is 12.2. The Kier molecular flexibility index (Phi) is 3.23. The standard InChI is InChI=1S/C13H20N6/c1-19(9-6-4-2-3-5-7-9)12-10-8-15-18-11(10)16-13(14)17-12/h8-9H,2-7H2,1H3,(H3,14,15,16,17,18). The van der Waals surface area contributed by atoms with Crippen LogP contribution in [0.1, 0.15) is 38.5 Å². The van der Waals surface area contributed by atoms with E-state index in [1.807, 2.05) is 0 Å². The van der Waals surface area contributed by atoms with E-state index in [9.17, 15) is 0 Å². The molecule has 1 aliphatic carbocycles. The SMILES string of the molecule is CN(c1nc(N)nc2[nH]ncc12)C1CCCCCC1. The highest BCUT2D eigenvalue weighted by Crippen LogP contribution is 2.28. The first-order chi connectivity index (χ1) is 9.25. The number of aromatic amines is 1. The molecule has 1 aliphatic rings. The minimum atomic E-state index is 0.298. The number of fused-ring (bicyclic) bond motifs is 1. The molecule has 6 nitrogen and oxygen atoms in total. The van der Waals surface area contributed by atoms with Crippen molar-refractivity contribution in [3.05, 3.63) is 6.20 Å². The second-order valence-electron chi connectivity index (χ2n) is 5.29. The number of aromatic nitrogens is 4. The molecule has 1 fully saturated rings. The van der Waals surface area contributed by atoms with Gasteiger partial charge in [-0.2, -0.15) is 15.1 Å². The maximum Gasteiger partial charge on any atom is 0.224 e. The van der Waals surface area contributed by atoms with Crippen molar-refractivity contribution in [2.75, 3.05) is 17.7 Å². The molecule has 19 heavy (non-hydrogen) atoms. The molecule has 0 atom stereocenters. The number of nitrogens with one attached hydrogen (secondary N) is 1. The van der Waals surface area contributed by atoms with Gasteiger partial charge in [0.15, 0.2) is 5.65 Å². The first-order valence-electron chi connectivity index (χ1n) is 6.95. The molecular weight excluding hydrogens is 240 g/mol. The van der Waals surface area contributed by atoms with Crippen LogP contribution < -0.4 is 10.6 Å². The van der Waals surface area contributed by atoms with E-state index in [0.717, 1.165) is 11.2 Å². The fourth-order valence-electron chi connectivity index (χ4n) is 2.92. The number of H-pyrrole nitrogens is 1. The lowest BCUT2D eigenvalue weighted by molar-refractivity contribution is 0.550. The minimum Gasteiger partial charge on any atom is -0.368 e. The van der Waals surface area contributed by atoms with E-state index in [4.69, 9.17) is 5.73 Å². The number of nitrogens with two attached hydrogens (primary N) is 1. The molecule has 2 heterocycles. The van der Waals surface area contributed by atoms with Crippen LogP contribution >= 0.6 is 0 Å². The average molecular weight is 260 g/mol. The summed E-state index contributed by atoms with van der Waals surface area (Å²) in [7, 11) is 2.10. The first-order valence-corrected chi connectivity index (χ1v) is 6.95. The third kappa shape index (κ3) is 2.34. The predicted octanol–water partition coefficient (Wildman–Crippen LogP) is 2.09. The Morgan fingerprint density at radius 3 is 2.68 bits per heavy atom. The number of nitrogen functional groups attached to an aromatic ring is 1. The van der Waals surface area contributed by atoms with Crippen LogP contribution in [-0.4, -0.2) is 33.3 Å². The maximum absolute atomic E-state index is 5.79. The molecule has 2 aromatic heterocycles. The van der Waals surface area contributed by atoms with E-state index >= 15 is 0 Å². The summed E-state index contributed by atoms with van der Waals surface area (Å²) in [5.41, 5.74) is 6.50. The topological polar surface area (TPSA) is 83.7 Å². The number of rotatable bonds is 2. The van der Waals surface area contributed by atoms with Crippen LogP contribution in [0.15, 0.2) is 6.20 Å².